The highest BCUT2D eigenvalue weighted by Crippen LogP contribution is 2.33. The number of rotatable bonds is 10. The first-order chi connectivity index (χ1) is 15.8. The second-order valence-electron chi connectivity index (χ2n) is 7.13. The van der Waals surface area contributed by atoms with Crippen LogP contribution in [0.1, 0.15) is 39.7 Å². The van der Waals surface area contributed by atoms with Gasteiger partial charge in [0.2, 0.25) is 5.91 Å². The van der Waals surface area contributed by atoms with Crippen LogP contribution >= 0.6 is 23.1 Å². The number of anilines is 1. The summed E-state index contributed by atoms with van der Waals surface area (Å²) in [5, 5.41) is 12.4. The molecule has 0 aliphatic rings. The number of esters is 1. The molecule has 1 unspecified atom stereocenters. The van der Waals surface area contributed by atoms with E-state index in [1.807, 2.05) is 55.7 Å². The molecule has 8 nitrogen and oxygen atoms in total. The number of thioether (sulfide) groups is 1. The zero-order chi connectivity index (χ0) is 24.0. The molecule has 33 heavy (non-hydrogen) atoms. The number of aromatic nitrogens is 3. The van der Waals surface area contributed by atoms with E-state index in [4.69, 9.17) is 9.47 Å². The Hall–Kier alpha value is -3.11. The number of nitrogens with zero attached hydrogens (tertiary/aromatic N) is 3. The summed E-state index contributed by atoms with van der Waals surface area (Å²) in [6.45, 7) is 9.91. The molecule has 2 heterocycles. The molecule has 0 bridgehead atoms. The number of nitrogens with one attached hydrogen (secondary N) is 1. The first-order valence-electron chi connectivity index (χ1n) is 10.2. The van der Waals surface area contributed by atoms with E-state index in [1.54, 1.807) is 6.08 Å². The standard InChI is InChI=1S/C23H26N4O4S2/c1-6-12-27-20(15(3)31-17-10-8-7-9-11-17)25-26-23(27)32-13-18(28)24-21-19(22(29)30-5)14(2)16(4)33-21/h6-11,15H,1,12-13H2,2-5H3,(H,24,28). The number of carbonyl (C=O) groups excluding carboxylic acids is 2. The van der Waals surface area contributed by atoms with Crippen LogP contribution in [0.25, 0.3) is 0 Å². The molecular weight excluding hydrogens is 460 g/mol. The molecule has 1 amide bonds. The van der Waals surface area contributed by atoms with Crippen LogP contribution in [-0.2, 0) is 16.1 Å². The number of benzene rings is 1. The summed E-state index contributed by atoms with van der Waals surface area (Å²) in [5.74, 6) is 0.742. The normalized spacial score (nSPS) is 11.6. The van der Waals surface area contributed by atoms with Gasteiger partial charge in [-0.05, 0) is 38.5 Å². The SMILES string of the molecule is C=CCn1c(SCC(=O)Nc2sc(C)c(C)c2C(=O)OC)nnc1C(C)Oc1ccccc1. The average Bonchev–Trinajstić information content (AvgIpc) is 3.33. The molecule has 0 aliphatic heterocycles. The number of hydrogen-bond donors (Lipinski definition) is 1. The summed E-state index contributed by atoms with van der Waals surface area (Å²) in [5.41, 5.74) is 1.19. The fourth-order valence-corrected chi connectivity index (χ4v) is 4.94. The van der Waals surface area contributed by atoms with Gasteiger partial charge < -0.3 is 14.8 Å². The summed E-state index contributed by atoms with van der Waals surface area (Å²) in [6.07, 6.45) is 1.40. The predicted molar refractivity (Wildman–Crippen MR) is 130 cm³/mol. The van der Waals surface area contributed by atoms with E-state index in [9.17, 15) is 9.59 Å². The first kappa shape index (κ1) is 24.5. The van der Waals surface area contributed by atoms with Crippen LogP contribution in [0.5, 0.6) is 5.75 Å². The first-order valence-corrected chi connectivity index (χ1v) is 12.0. The van der Waals surface area contributed by atoms with Crippen LogP contribution in [-0.4, -0.2) is 39.5 Å². The van der Waals surface area contributed by atoms with Crippen LogP contribution < -0.4 is 10.1 Å². The van der Waals surface area contributed by atoms with Gasteiger partial charge in [0.05, 0.1) is 18.4 Å². The fraction of sp³-hybridized carbons (Fsp3) is 0.304. The van der Waals surface area contributed by atoms with Gasteiger partial charge in [0.25, 0.3) is 0 Å². The lowest BCUT2D eigenvalue weighted by Gasteiger charge is -2.15. The van der Waals surface area contributed by atoms with E-state index in [1.165, 1.54) is 30.2 Å². The molecule has 0 saturated carbocycles. The highest BCUT2D eigenvalue weighted by molar-refractivity contribution is 7.99. The van der Waals surface area contributed by atoms with Crippen LogP contribution in [0.3, 0.4) is 0 Å². The van der Waals surface area contributed by atoms with Crippen LogP contribution in [0.4, 0.5) is 5.00 Å². The van der Waals surface area contributed by atoms with Gasteiger partial charge in [-0.3, -0.25) is 9.36 Å². The summed E-state index contributed by atoms with van der Waals surface area (Å²) < 4.78 is 12.7. The number of carbonyl (C=O) groups is 2. The Balaban J connectivity index is 1.70. The fourth-order valence-electron chi connectivity index (χ4n) is 3.12. The van der Waals surface area contributed by atoms with Crippen molar-refractivity contribution in [1.82, 2.24) is 14.8 Å². The Morgan fingerprint density at radius 1 is 1.27 bits per heavy atom. The Morgan fingerprint density at radius 3 is 2.67 bits per heavy atom. The molecule has 0 aliphatic carbocycles. The monoisotopic (exact) mass is 486 g/mol. The molecule has 1 aromatic carbocycles. The van der Waals surface area contributed by atoms with Crippen molar-refractivity contribution in [2.75, 3.05) is 18.2 Å². The number of thiophene rings is 1. The zero-order valence-electron chi connectivity index (χ0n) is 19.0. The number of para-hydroxylation sites is 1. The van der Waals surface area contributed by atoms with Gasteiger partial charge in [-0.2, -0.15) is 0 Å². The molecule has 0 fully saturated rings. The zero-order valence-corrected chi connectivity index (χ0v) is 20.6. The molecule has 1 N–H and O–H groups in total. The highest BCUT2D eigenvalue weighted by atomic mass is 32.2. The van der Waals surface area contributed by atoms with Crippen LogP contribution in [0.2, 0.25) is 0 Å². The molecule has 0 spiro atoms. The van der Waals surface area contributed by atoms with Gasteiger partial charge in [0.1, 0.15) is 10.8 Å². The highest BCUT2D eigenvalue weighted by Gasteiger charge is 2.23. The maximum atomic E-state index is 12.6. The van der Waals surface area contributed by atoms with Crippen molar-refractivity contribution >= 4 is 40.0 Å². The number of ether oxygens (including phenoxy) is 2. The van der Waals surface area contributed by atoms with Crippen molar-refractivity contribution in [2.24, 2.45) is 0 Å². The van der Waals surface area contributed by atoms with Crippen LogP contribution in [0.15, 0.2) is 48.1 Å². The lowest BCUT2D eigenvalue weighted by Crippen LogP contribution is -2.17. The maximum absolute atomic E-state index is 12.6. The lowest BCUT2D eigenvalue weighted by molar-refractivity contribution is -0.113. The number of allylic oxidation sites excluding steroid dienone is 1. The molecular formula is C23H26N4O4S2. The minimum Gasteiger partial charge on any atom is -0.483 e. The van der Waals surface area contributed by atoms with E-state index in [2.05, 4.69) is 22.1 Å². The lowest BCUT2D eigenvalue weighted by atomic mass is 10.1. The van der Waals surface area contributed by atoms with Crippen molar-refractivity contribution in [3.8, 4) is 5.75 Å². The largest absolute Gasteiger partial charge is 0.483 e. The summed E-state index contributed by atoms with van der Waals surface area (Å²) in [7, 11) is 1.32. The van der Waals surface area contributed by atoms with Crippen molar-refractivity contribution < 1.29 is 19.1 Å². The van der Waals surface area contributed by atoms with Crippen molar-refractivity contribution in [1.29, 1.82) is 0 Å². The van der Waals surface area contributed by atoms with Gasteiger partial charge in [-0.25, -0.2) is 4.79 Å². The Labute approximate surface area is 201 Å². The number of aryl methyl sites for hydroxylation is 1. The van der Waals surface area contributed by atoms with Gasteiger partial charge >= 0.3 is 5.97 Å². The van der Waals surface area contributed by atoms with Crippen molar-refractivity contribution in [3.05, 3.63) is 64.8 Å². The van der Waals surface area contributed by atoms with Gasteiger partial charge in [-0.15, -0.1) is 28.1 Å². The summed E-state index contributed by atoms with van der Waals surface area (Å²) >= 11 is 2.60. The Bertz CT molecular complexity index is 1140. The number of hydrogen-bond acceptors (Lipinski definition) is 8. The van der Waals surface area contributed by atoms with Crippen molar-refractivity contribution in [2.45, 2.75) is 38.6 Å². The third kappa shape index (κ3) is 5.82. The van der Waals surface area contributed by atoms with E-state index in [0.717, 1.165) is 16.2 Å². The van der Waals surface area contributed by atoms with E-state index in [-0.39, 0.29) is 17.8 Å². The third-order valence-corrected chi connectivity index (χ3v) is 6.93. The second-order valence-corrected chi connectivity index (χ2v) is 9.30. The van der Waals surface area contributed by atoms with Gasteiger partial charge in [0, 0.05) is 11.4 Å². The quantitative estimate of drug-likeness (QED) is 0.250. The van der Waals surface area contributed by atoms with Crippen LogP contribution in [0, 0.1) is 13.8 Å². The molecule has 10 heteroatoms. The summed E-state index contributed by atoms with van der Waals surface area (Å²) in [4.78, 5) is 25.7. The van der Waals surface area contributed by atoms with E-state index in [0.29, 0.717) is 28.1 Å². The number of amides is 1. The average molecular weight is 487 g/mol. The molecule has 0 radical (unpaired) electrons. The molecule has 0 saturated heterocycles. The molecule has 1 atom stereocenters. The molecule has 174 valence electrons. The van der Waals surface area contributed by atoms with Gasteiger partial charge in [0.15, 0.2) is 17.1 Å². The minimum absolute atomic E-state index is 0.0970. The Kier molecular flexibility index (Phi) is 8.29. The second kappa shape index (κ2) is 11.2. The Morgan fingerprint density at radius 2 is 2.00 bits per heavy atom. The molecule has 3 rings (SSSR count). The van der Waals surface area contributed by atoms with Crippen molar-refractivity contribution in [3.63, 3.8) is 0 Å². The molecule has 2 aromatic heterocycles. The molecule has 3 aromatic rings. The van der Waals surface area contributed by atoms with Gasteiger partial charge in [-0.1, -0.05) is 36.0 Å². The van der Waals surface area contributed by atoms with E-state index >= 15 is 0 Å². The minimum atomic E-state index is -0.470. The number of methoxy groups -OCH3 is 1. The topological polar surface area (TPSA) is 95.3 Å². The third-order valence-electron chi connectivity index (χ3n) is 4.84. The summed E-state index contributed by atoms with van der Waals surface area (Å²) in [6, 6.07) is 9.48. The maximum Gasteiger partial charge on any atom is 0.341 e. The smallest absolute Gasteiger partial charge is 0.341 e. The predicted octanol–water partition coefficient (Wildman–Crippen LogP) is 4.80. The van der Waals surface area contributed by atoms with E-state index < -0.39 is 5.97 Å².